The molecular weight excluding hydrogens is 1060 g/mol. The predicted octanol–water partition coefficient (Wildman–Crippen LogP) is 8.41. The van der Waals surface area contributed by atoms with Gasteiger partial charge in [-0.25, -0.2) is 16.8 Å². The van der Waals surface area contributed by atoms with Gasteiger partial charge in [-0.2, -0.15) is 29.9 Å². The van der Waals surface area contributed by atoms with Crippen molar-refractivity contribution in [3.8, 4) is 0 Å². The van der Waals surface area contributed by atoms with E-state index in [-0.39, 0.29) is 103 Å². The molecule has 4 saturated heterocycles. The molecule has 6 heterocycles. The first-order valence-electron chi connectivity index (χ1n) is 27.7. The molecule has 4 aromatic rings. The van der Waals surface area contributed by atoms with Crippen molar-refractivity contribution in [1.82, 2.24) is 51.2 Å². The van der Waals surface area contributed by atoms with E-state index in [2.05, 4.69) is 164 Å². The molecule has 24 heteroatoms. The molecule has 0 bridgehead atoms. The topological polar surface area (TPSA) is 312 Å². The molecule has 0 radical (unpaired) electrons. The molecule has 440 valence electrons. The number of rotatable bonds is 16. The first-order chi connectivity index (χ1) is 36.5. The zero-order chi connectivity index (χ0) is 58.9. The van der Waals surface area contributed by atoms with Crippen LogP contribution < -0.4 is 53.2 Å². The van der Waals surface area contributed by atoms with Gasteiger partial charge in [0.05, 0.1) is 9.79 Å². The summed E-state index contributed by atoms with van der Waals surface area (Å²) in [5.74, 6) is 1.46. The van der Waals surface area contributed by atoms with E-state index in [0.717, 1.165) is 51.4 Å². The van der Waals surface area contributed by atoms with Crippen LogP contribution in [0.15, 0.2) is 46.2 Å². The summed E-state index contributed by atoms with van der Waals surface area (Å²) in [6.45, 7) is 34.5. The van der Waals surface area contributed by atoms with E-state index >= 15 is 0 Å². The molecule has 0 atom stereocenters. The quantitative estimate of drug-likeness (QED) is 0.0372. The van der Waals surface area contributed by atoms with Crippen molar-refractivity contribution in [3.63, 3.8) is 0 Å². The molecule has 8 rings (SSSR count). The van der Waals surface area contributed by atoms with Gasteiger partial charge in [-0.05, 0) is 198 Å². The second-order valence-corrected chi connectivity index (χ2v) is 30.9. The highest BCUT2D eigenvalue weighted by molar-refractivity contribution is 7.86. The van der Waals surface area contributed by atoms with Crippen LogP contribution in [0.1, 0.15) is 173 Å². The molecule has 0 amide bonds. The molecule has 0 spiro atoms. The number of hydrogen-bond donors (Lipinski definition) is 10. The van der Waals surface area contributed by atoms with Crippen molar-refractivity contribution in [3.05, 3.63) is 47.5 Å². The fraction of sp³-hybridized carbons (Fsp3) is 0.643. The average molecular weight is 1140 g/mol. The van der Waals surface area contributed by atoms with E-state index < -0.39 is 30.0 Å². The Kier molecular flexibility index (Phi) is 16.3. The van der Waals surface area contributed by atoms with E-state index in [1.807, 2.05) is 0 Å². The van der Waals surface area contributed by atoms with Gasteiger partial charge in [-0.1, -0.05) is 24.3 Å². The van der Waals surface area contributed by atoms with Gasteiger partial charge in [0.1, 0.15) is 20.2 Å². The van der Waals surface area contributed by atoms with E-state index in [1.165, 1.54) is 36.4 Å². The fourth-order valence-electron chi connectivity index (χ4n) is 13.9. The largest absolute Gasteiger partial charge is 0.744 e. The Morgan fingerprint density at radius 3 is 0.812 bits per heavy atom. The average Bonchev–Trinajstić information content (AvgIpc) is 3.21. The van der Waals surface area contributed by atoms with Gasteiger partial charge in [0.25, 0.3) is 0 Å². The Morgan fingerprint density at radius 2 is 0.600 bits per heavy atom. The summed E-state index contributed by atoms with van der Waals surface area (Å²) in [5, 5.41) is 35.2. The Balaban J connectivity index is 1.07. The Hall–Kier alpha value is -5.34. The van der Waals surface area contributed by atoms with Gasteiger partial charge in [-0.15, -0.1) is 0 Å². The summed E-state index contributed by atoms with van der Waals surface area (Å²) in [5.41, 5.74) is -1.10. The molecule has 4 fully saturated rings. The summed E-state index contributed by atoms with van der Waals surface area (Å²) in [6.07, 6.45) is 8.87. The molecule has 2 aromatic heterocycles. The van der Waals surface area contributed by atoms with Crippen LogP contribution >= 0.6 is 0 Å². The van der Waals surface area contributed by atoms with Crippen LogP contribution in [0.4, 0.5) is 47.1 Å². The van der Waals surface area contributed by atoms with Crippen LogP contribution in [-0.2, 0) is 20.2 Å². The molecule has 0 saturated carbocycles. The zero-order valence-corrected chi connectivity index (χ0v) is 51.2. The number of piperidine rings is 4. The standard InChI is InChI=1S/C56H88N16O6S2/c1-49(2)25-37(26-50(3,4)69-49)59-45-63-43(64-46(67-45)60-38-27-51(5,6)70-52(7,8)28-38)57-35-21-19-33(41(23-35)79(73,74)75)17-18-34-20-22-36(24-42(34)80(76,77)78)58-44-65-47(61-39-29-53(9,10)71-54(11,12)30-39)68-48(66-44)62-40-31-55(13,14)72-56(15,16)32-40/h17-24,37-40,69-72H,25-32H2,1-16H3,(H,73,74,75)(H,76,77,78)(H3,57,59,60,63,64,67)(H3,58,61,62,65,66,68)/p-2. The highest BCUT2D eigenvalue weighted by atomic mass is 32.2. The first-order valence-corrected chi connectivity index (χ1v) is 30.5. The number of aromatic nitrogens is 6. The maximum absolute atomic E-state index is 13.0. The minimum absolute atomic E-state index is 0.00601. The smallest absolute Gasteiger partial charge is 0.233 e. The summed E-state index contributed by atoms with van der Waals surface area (Å²) < 4.78 is 77.9. The number of hydrogen-bond acceptors (Lipinski definition) is 22. The second kappa shape index (κ2) is 21.4. The molecule has 10 N–H and O–H groups in total. The predicted molar refractivity (Wildman–Crippen MR) is 316 cm³/mol. The summed E-state index contributed by atoms with van der Waals surface area (Å²) >= 11 is 0. The molecule has 22 nitrogen and oxygen atoms in total. The first kappa shape index (κ1) is 60.7. The van der Waals surface area contributed by atoms with Crippen LogP contribution in [0.25, 0.3) is 12.2 Å². The van der Waals surface area contributed by atoms with Crippen LogP contribution in [0.5, 0.6) is 0 Å². The molecule has 0 unspecified atom stereocenters. The van der Waals surface area contributed by atoms with Crippen LogP contribution in [-0.4, -0.2) is 124 Å². The van der Waals surface area contributed by atoms with Gasteiger partial charge >= 0.3 is 0 Å². The lowest BCUT2D eigenvalue weighted by Crippen LogP contribution is -2.60. The number of nitrogens with zero attached hydrogens (tertiary/aromatic N) is 6. The van der Waals surface area contributed by atoms with Crippen LogP contribution in [0, 0.1) is 0 Å². The molecule has 80 heavy (non-hydrogen) atoms. The molecular formula is C56H86N16O6S2-2. The van der Waals surface area contributed by atoms with Crippen molar-refractivity contribution in [2.45, 2.75) is 240 Å². The van der Waals surface area contributed by atoms with Gasteiger partial charge in [0.2, 0.25) is 35.7 Å². The van der Waals surface area contributed by atoms with Crippen LogP contribution in [0.2, 0.25) is 0 Å². The Morgan fingerprint density at radius 1 is 0.388 bits per heavy atom. The van der Waals surface area contributed by atoms with E-state index in [0.29, 0.717) is 23.8 Å². The normalized spacial score (nSPS) is 22.8. The van der Waals surface area contributed by atoms with Gasteiger partial charge in [0.15, 0.2) is 0 Å². The zero-order valence-electron chi connectivity index (χ0n) is 49.5. The molecule has 2 aromatic carbocycles. The van der Waals surface area contributed by atoms with Crippen molar-refractivity contribution in [1.29, 1.82) is 0 Å². The minimum Gasteiger partial charge on any atom is -0.744 e. The van der Waals surface area contributed by atoms with E-state index in [4.69, 9.17) is 29.9 Å². The maximum Gasteiger partial charge on any atom is 0.233 e. The molecule has 4 aliphatic heterocycles. The van der Waals surface area contributed by atoms with Gasteiger partial charge in [0, 0.05) is 79.9 Å². The Labute approximate surface area is 474 Å². The van der Waals surface area contributed by atoms with E-state index in [9.17, 15) is 25.9 Å². The highest BCUT2D eigenvalue weighted by Gasteiger charge is 2.42. The van der Waals surface area contributed by atoms with Crippen LogP contribution in [0.3, 0.4) is 0 Å². The van der Waals surface area contributed by atoms with E-state index in [1.54, 1.807) is 12.1 Å². The number of anilines is 8. The lowest BCUT2D eigenvalue weighted by Gasteiger charge is -2.47. The highest BCUT2D eigenvalue weighted by Crippen LogP contribution is 2.36. The fourth-order valence-corrected chi connectivity index (χ4v) is 15.3. The summed E-state index contributed by atoms with van der Waals surface area (Å²) in [6, 6.07) is 8.26. The Bertz CT molecular complexity index is 2820. The SMILES string of the molecule is CC1(C)CC(Nc2nc(Nc3ccc(C=Cc4ccc(Nc5nc(NC6CC(C)(C)NC(C)(C)C6)nc(NC6CC(C)(C)NC(C)(C)C6)n5)cc4S(=O)(=O)[O-])c(S(=O)(=O)[O-])c3)nc(NC3CC(C)(C)NC(C)(C)C3)n2)CC(C)(C)N1. The molecule has 0 aliphatic carbocycles. The second-order valence-electron chi connectivity index (χ2n) is 28.2. The lowest BCUT2D eigenvalue weighted by molar-refractivity contribution is 0.169. The number of nitrogens with one attached hydrogen (secondary N) is 10. The third-order valence-electron chi connectivity index (χ3n) is 14.9. The maximum atomic E-state index is 13.0. The summed E-state index contributed by atoms with van der Waals surface area (Å²) in [4.78, 5) is 27.3. The number of benzene rings is 2. The van der Waals surface area contributed by atoms with Gasteiger partial charge < -0.3 is 62.3 Å². The summed E-state index contributed by atoms with van der Waals surface area (Å²) in [7, 11) is -10.3. The molecule has 4 aliphatic rings. The van der Waals surface area contributed by atoms with Crippen molar-refractivity contribution in [2.75, 3.05) is 31.9 Å². The van der Waals surface area contributed by atoms with Gasteiger partial charge in [-0.3, -0.25) is 0 Å². The van der Waals surface area contributed by atoms with Crippen molar-refractivity contribution in [2.24, 2.45) is 0 Å². The third kappa shape index (κ3) is 16.7. The van der Waals surface area contributed by atoms with Crippen molar-refractivity contribution >= 4 is 79.5 Å². The lowest BCUT2D eigenvalue weighted by atomic mass is 9.79. The third-order valence-corrected chi connectivity index (χ3v) is 16.7. The monoisotopic (exact) mass is 1140 g/mol. The van der Waals surface area contributed by atoms with Crippen molar-refractivity contribution < 1.29 is 25.9 Å². The minimum atomic E-state index is -5.14.